The van der Waals surface area contributed by atoms with Crippen LogP contribution in [0.15, 0.2) is 34.0 Å². The zero-order valence-corrected chi connectivity index (χ0v) is 18.1. The first kappa shape index (κ1) is 20.1. The standard InChI is InChI=1S/C21H23N3O3S2/c1-3-23-16-8-6-5-7-14(16)18(22-9-11-27-12-10-22)15(19(23)25)13-17-20(26)24(4-2)21(28)29-17/h5-8,13H,3-4,9-12H2,1-2H3. The van der Waals surface area contributed by atoms with Gasteiger partial charge in [-0.3, -0.25) is 14.5 Å². The second kappa shape index (κ2) is 8.30. The summed E-state index contributed by atoms with van der Waals surface area (Å²) in [6.45, 7) is 7.57. The van der Waals surface area contributed by atoms with Crippen molar-refractivity contribution in [3.8, 4) is 0 Å². The molecular formula is C21H23N3O3S2. The van der Waals surface area contributed by atoms with E-state index in [-0.39, 0.29) is 11.5 Å². The van der Waals surface area contributed by atoms with Crippen LogP contribution in [0.1, 0.15) is 19.4 Å². The summed E-state index contributed by atoms with van der Waals surface area (Å²) in [5.74, 6) is -0.133. The number of pyridine rings is 1. The minimum atomic E-state index is -0.133. The van der Waals surface area contributed by atoms with Gasteiger partial charge in [-0.05, 0) is 26.0 Å². The molecule has 0 N–H and O–H groups in total. The van der Waals surface area contributed by atoms with E-state index in [1.54, 1.807) is 15.5 Å². The number of aromatic nitrogens is 1. The molecule has 3 heterocycles. The van der Waals surface area contributed by atoms with Crippen molar-refractivity contribution in [1.29, 1.82) is 0 Å². The van der Waals surface area contributed by atoms with E-state index in [4.69, 9.17) is 17.0 Å². The van der Waals surface area contributed by atoms with Crippen molar-refractivity contribution in [2.45, 2.75) is 20.4 Å². The van der Waals surface area contributed by atoms with Crippen LogP contribution >= 0.6 is 24.0 Å². The summed E-state index contributed by atoms with van der Waals surface area (Å²) in [5.41, 5.74) is 2.23. The quantitative estimate of drug-likeness (QED) is 0.550. The van der Waals surface area contributed by atoms with E-state index in [0.717, 1.165) is 16.6 Å². The van der Waals surface area contributed by atoms with Gasteiger partial charge in [0.1, 0.15) is 4.32 Å². The van der Waals surface area contributed by atoms with Gasteiger partial charge < -0.3 is 14.2 Å². The summed E-state index contributed by atoms with van der Waals surface area (Å²) in [5, 5.41) is 1.01. The Kier molecular flexibility index (Phi) is 5.76. The molecule has 0 spiro atoms. The first-order chi connectivity index (χ1) is 14.1. The maximum absolute atomic E-state index is 13.5. The molecule has 1 amide bonds. The Hall–Kier alpha value is -2.16. The molecule has 0 radical (unpaired) electrons. The molecule has 6 nitrogen and oxygen atoms in total. The second-order valence-corrected chi connectivity index (χ2v) is 8.53. The molecule has 1 aromatic carbocycles. The Morgan fingerprint density at radius 1 is 1.14 bits per heavy atom. The van der Waals surface area contributed by atoms with Gasteiger partial charge in [-0.2, -0.15) is 0 Å². The van der Waals surface area contributed by atoms with E-state index in [9.17, 15) is 9.59 Å². The van der Waals surface area contributed by atoms with Crippen LogP contribution in [0.5, 0.6) is 0 Å². The summed E-state index contributed by atoms with van der Waals surface area (Å²) in [4.78, 5) is 30.5. The summed E-state index contributed by atoms with van der Waals surface area (Å²) >= 11 is 6.61. The van der Waals surface area contributed by atoms with Crippen molar-refractivity contribution in [3.63, 3.8) is 0 Å². The molecule has 2 aliphatic heterocycles. The van der Waals surface area contributed by atoms with Gasteiger partial charge in [0, 0.05) is 31.6 Å². The van der Waals surface area contributed by atoms with Crippen LogP contribution in [-0.2, 0) is 16.1 Å². The van der Waals surface area contributed by atoms with E-state index in [2.05, 4.69) is 4.90 Å². The summed E-state index contributed by atoms with van der Waals surface area (Å²) in [6.07, 6.45) is 1.74. The largest absolute Gasteiger partial charge is 0.378 e. The first-order valence-corrected chi connectivity index (χ1v) is 11.0. The van der Waals surface area contributed by atoms with Crippen LogP contribution in [0.2, 0.25) is 0 Å². The highest BCUT2D eigenvalue weighted by Gasteiger charge is 2.32. The Balaban J connectivity index is 1.98. The molecule has 2 aromatic rings. The summed E-state index contributed by atoms with van der Waals surface area (Å²) in [7, 11) is 0. The molecular weight excluding hydrogens is 406 g/mol. The van der Waals surface area contributed by atoms with Gasteiger partial charge in [0.15, 0.2) is 0 Å². The minimum absolute atomic E-state index is 0.0885. The molecule has 0 saturated carbocycles. The van der Waals surface area contributed by atoms with E-state index in [1.165, 1.54) is 11.8 Å². The van der Waals surface area contributed by atoms with Gasteiger partial charge in [-0.25, -0.2) is 0 Å². The molecule has 0 aliphatic carbocycles. The number of hydrogen-bond acceptors (Lipinski definition) is 6. The van der Waals surface area contributed by atoms with Crippen molar-refractivity contribution in [2.75, 3.05) is 37.7 Å². The minimum Gasteiger partial charge on any atom is -0.378 e. The number of likely N-dealkylation sites (N-methyl/N-ethyl adjacent to an activating group) is 1. The molecule has 2 fully saturated rings. The SMILES string of the molecule is CCN1C(=O)C(=Cc2c(N3CCOCC3)c3ccccc3n(CC)c2=O)SC1=S. The van der Waals surface area contributed by atoms with Crippen LogP contribution in [0.4, 0.5) is 5.69 Å². The molecule has 4 rings (SSSR count). The molecule has 2 aliphatic rings. The third-order valence-electron chi connectivity index (χ3n) is 5.29. The van der Waals surface area contributed by atoms with Crippen LogP contribution in [0.3, 0.4) is 0 Å². The lowest BCUT2D eigenvalue weighted by atomic mass is 10.1. The Morgan fingerprint density at radius 2 is 1.86 bits per heavy atom. The van der Waals surface area contributed by atoms with E-state index >= 15 is 0 Å². The van der Waals surface area contributed by atoms with Gasteiger partial charge in [-0.15, -0.1) is 0 Å². The fourth-order valence-electron chi connectivity index (χ4n) is 3.89. The van der Waals surface area contributed by atoms with Crippen molar-refractivity contribution in [3.05, 3.63) is 45.1 Å². The van der Waals surface area contributed by atoms with Crippen molar-refractivity contribution < 1.29 is 9.53 Å². The van der Waals surface area contributed by atoms with E-state index in [0.29, 0.717) is 54.2 Å². The lowest BCUT2D eigenvalue weighted by Crippen LogP contribution is -2.38. The number of anilines is 1. The van der Waals surface area contributed by atoms with Gasteiger partial charge in [0.2, 0.25) is 0 Å². The number of thiocarbonyl (C=S) groups is 1. The Bertz CT molecular complexity index is 1070. The summed E-state index contributed by atoms with van der Waals surface area (Å²) in [6, 6.07) is 7.95. The van der Waals surface area contributed by atoms with Crippen molar-refractivity contribution in [2.24, 2.45) is 0 Å². The molecule has 0 unspecified atom stereocenters. The molecule has 29 heavy (non-hydrogen) atoms. The number of carbonyl (C=O) groups is 1. The maximum Gasteiger partial charge on any atom is 0.266 e. The van der Waals surface area contributed by atoms with Crippen LogP contribution in [0, 0.1) is 0 Å². The lowest BCUT2D eigenvalue weighted by molar-refractivity contribution is -0.121. The van der Waals surface area contributed by atoms with Gasteiger partial charge in [-0.1, -0.05) is 42.2 Å². The number of benzene rings is 1. The van der Waals surface area contributed by atoms with Gasteiger partial charge in [0.05, 0.1) is 34.9 Å². The van der Waals surface area contributed by atoms with Crippen molar-refractivity contribution in [1.82, 2.24) is 9.47 Å². The van der Waals surface area contributed by atoms with E-state index in [1.807, 2.05) is 38.1 Å². The smallest absolute Gasteiger partial charge is 0.266 e. The number of nitrogens with zero attached hydrogens (tertiary/aromatic N) is 3. The maximum atomic E-state index is 13.5. The number of hydrogen-bond donors (Lipinski definition) is 0. The average molecular weight is 430 g/mol. The number of ether oxygens (including phenoxy) is 1. The highest BCUT2D eigenvalue weighted by Crippen LogP contribution is 2.36. The van der Waals surface area contributed by atoms with Gasteiger partial charge in [0.25, 0.3) is 11.5 Å². The van der Waals surface area contributed by atoms with Crippen LogP contribution in [-0.4, -0.2) is 52.5 Å². The first-order valence-electron chi connectivity index (χ1n) is 9.80. The molecule has 0 atom stereocenters. The van der Waals surface area contributed by atoms with Crippen molar-refractivity contribution >= 4 is 56.9 Å². The average Bonchev–Trinajstić information content (AvgIpc) is 3.01. The fourth-order valence-corrected chi connectivity index (χ4v) is 5.25. The fraction of sp³-hybridized carbons (Fsp3) is 0.381. The Labute approximate surface area is 179 Å². The monoisotopic (exact) mass is 429 g/mol. The lowest BCUT2D eigenvalue weighted by Gasteiger charge is -2.31. The zero-order valence-electron chi connectivity index (χ0n) is 16.5. The molecule has 2 saturated heterocycles. The number of rotatable bonds is 4. The summed E-state index contributed by atoms with van der Waals surface area (Å²) < 4.78 is 7.82. The highest BCUT2D eigenvalue weighted by atomic mass is 32.2. The number of thioether (sulfide) groups is 1. The predicted octanol–water partition coefficient (Wildman–Crippen LogP) is 3.08. The van der Waals surface area contributed by atoms with E-state index < -0.39 is 0 Å². The third-order valence-corrected chi connectivity index (χ3v) is 6.67. The number of para-hydroxylation sites is 1. The number of morpholine rings is 1. The topological polar surface area (TPSA) is 54.8 Å². The predicted molar refractivity (Wildman–Crippen MR) is 122 cm³/mol. The molecule has 152 valence electrons. The Morgan fingerprint density at radius 3 is 2.52 bits per heavy atom. The zero-order chi connectivity index (χ0) is 20.5. The molecule has 0 bridgehead atoms. The third kappa shape index (κ3) is 3.49. The van der Waals surface area contributed by atoms with Gasteiger partial charge >= 0.3 is 0 Å². The normalized spacial score (nSPS) is 19.0. The highest BCUT2D eigenvalue weighted by molar-refractivity contribution is 8.26. The molecule has 1 aromatic heterocycles. The number of fused-ring (bicyclic) bond motifs is 1. The number of amides is 1. The molecule has 8 heteroatoms. The van der Waals surface area contributed by atoms with Crippen LogP contribution in [0.25, 0.3) is 17.0 Å². The number of carbonyl (C=O) groups excluding carboxylic acids is 1. The van der Waals surface area contributed by atoms with Crippen LogP contribution < -0.4 is 10.5 Å². The number of aryl methyl sites for hydroxylation is 1. The second-order valence-electron chi connectivity index (χ2n) is 6.85.